The highest BCUT2D eigenvalue weighted by molar-refractivity contribution is 6.16. The zero-order valence-corrected chi connectivity index (χ0v) is 14.2. The number of aromatic hydroxyl groups is 2. The van der Waals surface area contributed by atoms with E-state index in [1.165, 1.54) is 43.4 Å². The Balaban J connectivity index is 0.000000340. The number of benzene rings is 1. The lowest BCUT2D eigenvalue weighted by Crippen LogP contribution is -2.03. The van der Waals surface area contributed by atoms with Crippen molar-refractivity contribution < 1.29 is 29.3 Å². The Labute approximate surface area is 141 Å². The first-order valence-corrected chi connectivity index (χ1v) is 7.24. The molecular weight excluding hydrogens is 312 g/mol. The second-order valence-corrected chi connectivity index (χ2v) is 4.82. The van der Waals surface area contributed by atoms with E-state index in [4.69, 9.17) is 10.2 Å². The van der Waals surface area contributed by atoms with Gasteiger partial charge in [0.05, 0.1) is 6.61 Å². The molecule has 0 atom stereocenters. The van der Waals surface area contributed by atoms with Crippen LogP contribution in [0.3, 0.4) is 0 Å². The van der Waals surface area contributed by atoms with Crippen molar-refractivity contribution in [3.63, 3.8) is 0 Å². The number of hydrogen-bond acceptors (Lipinski definition) is 6. The van der Waals surface area contributed by atoms with E-state index in [1.807, 2.05) is 0 Å². The number of carbonyl (C=O) groups excluding carboxylic acids is 3. The second-order valence-electron chi connectivity index (χ2n) is 4.82. The molecule has 1 aliphatic rings. The molecule has 6 nitrogen and oxygen atoms in total. The van der Waals surface area contributed by atoms with Crippen LogP contribution < -0.4 is 0 Å². The van der Waals surface area contributed by atoms with Crippen molar-refractivity contribution in [2.75, 3.05) is 6.61 Å². The van der Waals surface area contributed by atoms with E-state index >= 15 is 0 Å². The van der Waals surface area contributed by atoms with Gasteiger partial charge >= 0.3 is 5.97 Å². The van der Waals surface area contributed by atoms with E-state index in [-0.39, 0.29) is 29.0 Å². The smallest absolute Gasteiger partial charge is 0.302 e. The van der Waals surface area contributed by atoms with Gasteiger partial charge in [-0.1, -0.05) is 0 Å². The van der Waals surface area contributed by atoms with Crippen molar-refractivity contribution in [3.8, 4) is 11.5 Å². The predicted octanol–water partition coefficient (Wildman–Crippen LogP) is 2.62. The molecule has 1 aromatic carbocycles. The largest absolute Gasteiger partial charge is 0.508 e. The van der Waals surface area contributed by atoms with Gasteiger partial charge < -0.3 is 14.9 Å². The number of esters is 1. The van der Waals surface area contributed by atoms with E-state index in [1.54, 1.807) is 20.8 Å². The van der Waals surface area contributed by atoms with Crippen LogP contribution in [0.1, 0.15) is 26.3 Å². The molecule has 0 fully saturated rings. The van der Waals surface area contributed by atoms with E-state index in [0.29, 0.717) is 17.7 Å². The van der Waals surface area contributed by atoms with Crippen molar-refractivity contribution in [1.29, 1.82) is 0 Å². The minimum atomic E-state index is -0.211. The van der Waals surface area contributed by atoms with Gasteiger partial charge in [-0.05, 0) is 62.8 Å². The summed E-state index contributed by atoms with van der Waals surface area (Å²) in [5.74, 6) is 0.0114. The van der Waals surface area contributed by atoms with Crippen molar-refractivity contribution >= 4 is 17.5 Å². The maximum atomic E-state index is 10.6. The number of ketones is 2. The molecule has 0 saturated carbocycles. The number of phenolic OH excluding ortho intramolecular Hbond substituents is 2. The molecule has 0 heterocycles. The molecular formula is C18H22O6. The average Bonchev–Trinajstić information content (AvgIpc) is 2.49. The van der Waals surface area contributed by atoms with Crippen LogP contribution in [0.2, 0.25) is 0 Å². The fraction of sp³-hybridized carbons (Fsp3) is 0.278. The summed E-state index contributed by atoms with van der Waals surface area (Å²) in [5.41, 5.74) is 1.21. The Kier molecular flexibility index (Phi) is 9.48. The van der Waals surface area contributed by atoms with E-state index in [2.05, 4.69) is 4.74 Å². The first-order valence-electron chi connectivity index (χ1n) is 7.24. The van der Waals surface area contributed by atoms with E-state index < -0.39 is 0 Å². The lowest BCUT2D eigenvalue weighted by Gasteiger charge is -1.96. The van der Waals surface area contributed by atoms with Gasteiger partial charge in [-0.15, -0.1) is 0 Å². The SMILES string of the molecule is CC1=CC(=O)C=CC1=O.CCOC(C)=O.Cc1cc(O)ccc1O. The molecule has 2 N–H and O–H groups in total. The van der Waals surface area contributed by atoms with Crippen LogP contribution in [0.25, 0.3) is 0 Å². The summed E-state index contributed by atoms with van der Waals surface area (Å²) in [4.78, 5) is 31.0. The molecule has 1 aromatic rings. The Morgan fingerprint density at radius 3 is 2.08 bits per heavy atom. The summed E-state index contributed by atoms with van der Waals surface area (Å²) in [7, 11) is 0. The molecule has 0 unspecified atom stereocenters. The zero-order chi connectivity index (χ0) is 18.7. The topological polar surface area (TPSA) is 101 Å². The fourth-order valence-corrected chi connectivity index (χ4v) is 1.46. The third-order valence-corrected chi connectivity index (χ3v) is 2.67. The third kappa shape index (κ3) is 9.19. The van der Waals surface area contributed by atoms with Gasteiger partial charge in [0, 0.05) is 12.5 Å². The van der Waals surface area contributed by atoms with Crippen molar-refractivity contribution in [2.24, 2.45) is 0 Å². The highest BCUT2D eigenvalue weighted by atomic mass is 16.5. The number of rotatable bonds is 1. The maximum Gasteiger partial charge on any atom is 0.302 e. The predicted molar refractivity (Wildman–Crippen MR) is 89.7 cm³/mol. The van der Waals surface area contributed by atoms with Crippen LogP contribution in [0.5, 0.6) is 11.5 Å². The molecule has 130 valence electrons. The Hall–Kier alpha value is -2.89. The Morgan fingerprint density at radius 2 is 1.75 bits per heavy atom. The highest BCUT2D eigenvalue weighted by Crippen LogP contribution is 2.19. The minimum Gasteiger partial charge on any atom is -0.508 e. The molecule has 0 saturated heterocycles. The molecule has 0 aromatic heterocycles. The quantitative estimate of drug-likeness (QED) is 0.465. The van der Waals surface area contributed by atoms with E-state index in [9.17, 15) is 14.4 Å². The standard InChI is InChI=1S/C7H8O2.C7H6O2.C4H8O2/c2*1-5-4-6(8)2-3-7(5)9;1-3-6-4(2)5/h2-4,8-9H,1H3;2-4H,1H3;3H2,1-2H3. The lowest BCUT2D eigenvalue weighted by atomic mass is 10.1. The summed E-state index contributed by atoms with van der Waals surface area (Å²) in [6.07, 6.45) is 3.90. The Bertz CT molecular complexity index is 655. The zero-order valence-electron chi connectivity index (χ0n) is 14.2. The van der Waals surface area contributed by atoms with Crippen LogP contribution in [0.15, 0.2) is 42.0 Å². The first kappa shape index (κ1) is 21.1. The molecule has 0 amide bonds. The molecule has 0 aliphatic heterocycles. The maximum absolute atomic E-state index is 10.6. The summed E-state index contributed by atoms with van der Waals surface area (Å²) in [6, 6.07) is 4.42. The van der Waals surface area contributed by atoms with Crippen molar-refractivity contribution in [2.45, 2.75) is 27.7 Å². The van der Waals surface area contributed by atoms with Crippen LogP contribution in [0.4, 0.5) is 0 Å². The van der Waals surface area contributed by atoms with Crippen LogP contribution in [0, 0.1) is 6.92 Å². The van der Waals surface area contributed by atoms with Crippen LogP contribution >= 0.6 is 0 Å². The molecule has 0 spiro atoms. The number of carbonyl (C=O) groups is 3. The van der Waals surface area contributed by atoms with Crippen LogP contribution in [-0.4, -0.2) is 34.4 Å². The van der Waals surface area contributed by atoms with Gasteiger partial charge in [-0.3, -0.25) is 14.4 Å². The molecule has 24 heavy (non-hydrogen) atoms. The third-order valence-electron chi connectivity index (χ3n) is 2.67. The second kappa shape index (κ2) is 10.8. The highest BCUT2D eigenvalue weighted by Gasteiger charge is 2.06. The number of phenols is 2. The Morgan fingerprint density at radius 1 is 1.12 bits per heavy atom. The van der Waals surface area contributed by atoms with Crippen LogP contribution in [-0.2, 0) is 19.1 Å². The first-order chi connectivity index (χ1) is 11.2. The monoisotopic (exact) mass is 334 g/mol. The minimum absolute atomic E-state index is 0.0744. The van der Waals surface area contributed by atoms with Crippen molar-refractivity contribution in [1.82, 2.24) is 0 Å². The summed E-state index contributed by atoms with van der Waals surface area (Å²) >= 11 is 0. The summed E-state index contributed by atoms with van der Waals surface area (Å²) < 4.78 is 4.40. The van der Waals surface area contributed by atoms with Gasteiger partial charge in [0.1, 0.15) is 11.5 Å². The molecule has 0 bridgehead atoms. The summed E-state index contributed by atoms with van der Waals surface area (Å²) in [5, 5.41) is 17.8. The number of allylic oxidation sites excluding steroid dienone is 4. The molecule has 6 heteroatoms. The molecule has 0 radical (unpaired) electrons. The van der Waals surface area contributed by atoms with Gasteiger partial charge in [-0.25, -0.2) is 0 Å². The van der Waals surface area contributed by atoms with Gasteiger partial charge in [0.2, 0.25) is 0 Å². The van der Waals surface area contributed by atoms with E-state index in [0.717, 1.165) is 0 Å². The van der Waals surface area contributed by atoms with Crippen molar-refractivity contribution in [3.05, 3.63) is 47.6 Å². The number of aryl methyl sites for hydroxylation is 1. The number of ether oxygens (including phenoxy) is 1. The lowest BCUT2D eigenvalue weighted by molar-refractivity contribution is -0.140. The normalized spacial score (nSPS) is 12.2. The average molecular weight is 334 g/mol. The number of hydrogen-bond donors (Lipinski definition) is 2. The van der Waals surface area contributed by atoms with Gasteiger partial charge in [0.15, 0.2) is 11.6 Å². The molecule has 1 aliphatic carbocycles. The molecule has 2 rings (SSSR count). The summed E-state index contributed by atoms with van der Waals surface area (Å²) in [6.45, 7) is 7.01. The van der Waals surface area contributed by atoms with Gasteiger partial charge in [-0.2, -0.15) is 0 Å². The fourth-order valence-electron chi connectivity index (χ4n) is 1.46. The van der Waals surface area contributed by atoms with Gasteiger partial charge in [0.25, 0.3) is 0 Å².